The highest BCUT2D eigenvalue weighted by Gasteiger charge is 2.33. The van der Waals surface area contributed by atoms with Gasteiger partial charge in [-0.05, 0) is 44.4 Å². The maximum Gasteiger partial charge on any atom is 0.304 e. The second kappa shape index (κ2) is 12.4. The molecule has 2 aromatic rings. The molecule has 1 N–H and O–H groups in total. The van der Waals surface area contributed by atoms with Crippen LogP contribution in [0.2, 0.25) is 0 Å². The van der Waals surface area contributed by atoms with Gasteiger partial charge in [0.25, 0.3) is 0 Å². The molecule has 0 saturated heterocycles. The Hall–Kier alpha value is -2.91. The van der Waals surface area contributed by atoms with E-state index in [1.54, 1.807) is 37.3 Å². The number of benzene rings is 2. The van der Waals surface area contributed by atoms with Gasteiger partial charge < -0.3 is 10.2 Å². The summed E-state index contributed by atoms with van der Waals surface area (Å²) in [5, 5.41) is 3.11. The SMILES string of the molecule is Cc1ccc(CN(C(=O)CN(c2ccccc2)S(=O)(=O)N(C)C)C(C)C(=O)NC2CCCCC2)cc1. The van der Waals surface area contributed by atoms with Gasteiger partial charge in [-0.25, -0.2) is 4.31 Å². The molecule has 3 rings (SSSR count). The second-order valence-electron chi connectivity index (χ2n) is 9.66. The predicted octanol–water partition coefficient (Wildman–Crippen LogP) is 3.47. The highest BCUT2D eigenvalue weighted by Crippen LogP contribution is 2.21. The van der Waals surface area contributed by atoms with E-state index in [2.05, 4.69) is 5.32 Å². The van der Waals surface area contributed by atoms with E-state index < -0.39 is 28.7 Å². The van der Waals surface area contributed by atoms with Gasteiger partial charge >= 0.3 is 10.2 Å². The van der Waals surface area contributed by atoms with E-state index in [4.69, 9.17) is 0 Å². The fraction of sp³-hybridized carbons (Fsp3) is 0.481. The number of para-hydroxylation sites is 1. The molecule has 1 aliphatic carbocycles. The summed E-state index contributed by atoms with van der Waals surface area (Å²) >= 11 is 0. The van der Waals surface area contributed by atoms with E-state index >= 15 is 0 Å². The molecule has 2 amide bonds. The Bertz CT molecular complexity index is 1110. The predicted molar refractivity (Wildman–Crippen MR) is 143 cm³/mol. The van der Waals surface area contributed by atoms with Gasteiger partial charge in [-0.1, -0.05) is 67.3 Å². The van der Waals surface area contributed by atoms with Crippen LogP contribution in [0.3, 0.4) is 0 Å². The third-order valence-electron chi connectivity index (χ3n) is 6.66. The number of carbonyl (C=O) groups is 2. The molecular formula is C27H38N4O4S. The van der Waals surface area contributed by atoms with Crippen LogP contribution >= 0.6 is 0 Å². The fourth-order valence-corrected chi connectivity index (χ4v) is 5.41. The van der Waals surface area contributed by atoms with Gasteiger partial charge in [0.05, 0.1) is 5.69 Å². The van der Waals surface area contributed by atoms with Crippen molar-refractivity contribution < 1.29 is 18.0 Å². The summed E-state index contributed by atoms with van der Waals surface area (Å²) in [7, 11) is -1.09. The number of anilines is 1. The van der Waals surface area contributed by atoms with Crippen molar-refractivity contribution in [1.29, 1.82) is 0 Å². The molecule has 0 aromatic heterocycles. The molecule has 36 heavy (non-hydrogen) atoms. The van der Waals surface area contributed by atoms with Crippen molar-refractivity contribution in [1.82, 2.24) is 14.5 Å². The molecule has 1 saturated carbocycles. The number of nitrogens with one attached hydrogen (secondary N) is 1. The number of amides is 2. The molecule has 1 unspecified atom stereocenters. The molecule has 196 valence electrons. The number of carbonyl (C=O) groups excluding carboxylic acids is 2. The number of aryl methyl sites for hydroxylation is 1. The third kappa shape index (κ3) is 7.07. The maximum atomic E-state index is 13.7. The van der Waals surface area contributed by atoms with Crippen molar-refractivity contribution in [3.63, 3.8) is 0 Å². The first kappa shape index (κ1) is 27.7. The van der Waals surface area contributed by atoms with Crippen LogP contribution in [0, 0.1) is 6.92 Å². The van der Waals surface area contributed by atoms with Crippen LogP contribution < -0.4 is 9.62 Å². The molecule has 1 aliphatic rings. The first-order valence-electron chi connectivity index (χ1n) is 12.5. The zero-order chi connectivity index (χ0) is 26.3. The Kier molecular flexibility index (Phi) is 9.50. The van der Waals surface area contributed by atoms with Crippen molar-refractivity contribution in [3.05, 3.63) is 65.7 Å². The van der Waals surface area contributed by atoms with Crippen LogP contribution in [-0.4, -0.2) is 62.2 Å². The minimum atomic E-state index is -3.95. The lowest BCUT2D eigenvalue weighted by molar-refractivity contribution is -0.139. The van der Waals surface area contributed by atoms with E-state index in [-0.39, 0.29) is 18.5 Å². The standard InChI is InChI=1S/C27H38N4O4S/c1-21-15-17-23(18-16-21)19-30(22(2)27(33)28-24-11-7-5-8-12-24)26(32)20-31(36(34,35)29(3)4)25-13-9-6-10-14-25/h6,9-10,13-18,22,24H,5,7-8,11-12,19-20H2,1-4H3,(H,28,33). The van der Waals surface area contributed by atoms with Gasteiger partial charge in [0, 0.05) is 26.7 Å². The van der Waals surface area contributed by atoms with Crippen LogP contribution in [0.4, 0.5) is 5.69 Å². The average molecular weight is 515 g/mol. The van der Waals surface area contributed by atoms with Gasteiger partial charge in [0.15, 0.2) is 0 Å². The lowest BCUT2D eigenvalue weighted by Crippen LogP contribution is -2.53. The van der Waals surface area contributed by atoms with Crippen molar-refractivity contribution >= 4 is 27.7 Å². The zero-order valence-corrected chi connectivity index (χ0v) is 22.5. The first-order chi connectivity index (χ1) is 17.1. The monoisotopic (exact) mass is 514 g/mol. The average Bonchev–Trinajstić information content (AvgIpc) is 2.87. The summed E-state index contributed by atoms with van der Waals surface area (Å²) in [6.45, 7) is 3.47. The molecule has 9 heteroatoms. The highest BCUT2D eigenvalue weighted by molar-refractivity contribution is 7.90. The first-order valence-corrected chi connectivity index (χ1v) is 13.9. The van der Waals surface area contributed by atoms with Gasteiger partial charge in [-0.2, -0.15) is 12.7 Å². The Morgan fingerprint density at radius 3 is 2.17 bits per heavy atom. The number of hydrogen-bond acceptors (Lipinski definition) is 4. The molecule has 8 nitrogen and oxygen atoms in total. The molecule has 0 heterocycles. The van der Waals surface area contributed by atoms with Crippen LogP contribution in [0.5, 0.6) is 0 Å². The van der Waals surface area contributed by atoms with E-state index in [1.165, 1.54) is 25.4 Å². The van der Waals surface area contributed by atoms with Crippen molar-refractivity contribution in [2.24, 2.45) is 0 Å². The Labute approximate surface area is 215 Å². The Balaban J connectivity index is 1.88. The highest BCUT2D eigenvalue weighted by atomic mass is 32.2. The largest absolute Gasteiger partial charge is 0.352 e. The second-order valence-corrected chi connectivity index (χ2v) is 11.7. The van der Waals surface area contributed by atoms with E-state index in [1.807, 2.05) is 31.2 Å². The Morgan fingerprint density at radius 2 is 1.58 bits per heavy atom. The van der Waals surface area contributed by atoms with Gasteiger partial charge in [0.1, 0.15) is 12.6 Å². The lowest BCUT2D eigenvalue weighted by atomic mass is 9.95. The fourth-order valence-electron chi connectivity index (χ4n) is 4.35. The molecule has 2 aromatic carbocycles. The van der Waals surface area contributed by atoms with Gasteiger partial charge in [-0.3, -0.25) is 9.59 Å². The number of hydrogen-bond donors (Lipinski definition) is 1. The Morgan fingerprint density at radius 1 is 0.972 bits per heavy atom. The molecule has 0 spiro atoms. The molecule has 0 aliphatic heterocycles. The molecule has 1 fully saturated rings. The summed E-state index contributed by atoms with van der Waals surface area (Å²) in [5.41, 5.74) is 2.34. The molecule has 0 radical (unpaired) electrons. The van der Waals surface area contributed by atoms with Gasteiger partial charge in [-0.15, -0.1) is 0 Å². The third-order valence-corrected chi connectivity index (χ3v) is 8.48. The lowest BCUT2D eigenvalue weighted by Gasteiger charge is -2.34. The minimum absolute atomic E-state index is 0.111. The minimum Gasteiger partial charge on any atom is -0.352 e. The summed E-state index contributed by atoms with van der Waals surface area (Å²) in [4.78, 5) is 28.4. The zero-order valence-electron chi connectivity index (χ0n) is 21.7. The van der Waals surface area contributed by atoms with Crippen molar-refractivity contribution in [2.45, 2.75) is 64.6 Å². The van der Waals surface area contributed by atoms with Crippen LogP contribution in [0.25, 0.3) is 0 Å². The van der Waals surface area contributed by atoms with Crippen LogP contribution in [-0.2, 0) is 26.3 Å². The van der Waals surface area contributed by atoms with Crippen LogP contribution in [0.1, 0.15) is 50.2 Å². The quantitative estimate of drug-likeness (QED) is 0.526. The molecule has 0 bridgehead atoms. The smallest absolute Gasteiger partial charge is 0.304 e. The van der Waals surface area contributed by atoms with Gasteiger partial charge in [0.2, 0.25) is 11.8 Å². The van der Waals surface area contributed by atoms with Crippen molar-refractivity contribution in [2.75, 3.05) is 24.9 Å². The number of nitrogens with zero attached hydrogens (tertiary/aromatic N) is 3. The summed E-state index contributed by atoms with van der Waals surface area (Å²) < 4.78 is 28.5. The summed E-state index contributed by atoms with van der Waals surface area (Å²) in [6.07, 6.45) is 5.22. The van der Waals surface area contributed by atoms with Crippen molar-refractivity contribution in [3.8, 4) is 0 Å². The van der Waals surface area contributed by atoms with E-state index in [9.17, 15) is 18.0 Å². The molecule has 1 atom stereocenters. The van der Waals surface area contributed by atoms with E-state index in [0.29, 0.717) is 5.69 Å². The van der Waals surface area contributed by atoms with Crippen LogP contribution in [0.15, 0.2) is 54.6 Å². The topological polar surface area (TPSA) is 90.0 Å². The normalized spacial score (nSPS) is 15.4. The summed E-state index contributed by atoms with van der Waals surface area (Å²) in [6, 6.07) is 15.6. The van der Waals surface area contributed by atoms with E-state index in [0.717, 1.165) is 45.4 Å². The molecular weight excluding hydrogens is 476 g/mol. The summed E-state index contributed by atoms with van der Waals surface area (Å²) in [5.74, 6) is -0.666. The maximum absolute atomic E-state index is 13.7. The number of rotatable bonds is 10.